The van der Waals surface area contributed by atoms with Crippen LogP contribution in [0, 0.1) is 0 Å². The number of hydrogen-bond donors (Lipinski definition) is 2. The van der Waals surface area contributed by atoms with Gasteiger partial charge >= 0.3 is 0 Å². The van der Waals surface area contributed by atoms with E-state index in [9.17, 15) is 4.79 Å². The van der Waals surface area contributed by atoms with Crippen LogP contribution in [0.5, 0.6) is 0 Å². The van der Waals surface area contributed by atoms with Gasteiger partial charge in [-0.3, -0.25) is 9.36 Å². The van der Waals surface area contributed by atoms with E-state index in [1.54, 1.807) is 6.20 Å². The summed E-state index contributed by atoms with van der Waals surface area (Å²) in [5.74, 6) is 2.11. The second-order valence-corrected chi connectivity index (χ2v) is 8.34. The number of nitrogens with zero attached hydrogens (tertiary/aromatic N) is 4. The number of para-hydroxylation sites is 1. The van der Waals surface area contributed by atoms with Crippen LogP contribution in [0.25, 0.3) is 27.5 Å². The number of nitrogens with one attached hydrogen (secondary N) is 2. The Labute approximate surface area is 190 Å². The number of anilines is 2. The summed E-state index contributed by atoms with van der Waals surface area (Å²) in [7, 11) is 0. The Bertz CT molecular complexity index is 1460. The molecule has 0 saturated heterocycles. The zero-order chi connectivity index (χ0) is 22.2. The quantitative estimate of drug-likeness (QED) is 0.410. The smallest absolute Gasteiger partial charge is 0.224 e. The SMILES string of the molecule is O=C(Cc1cn(-c2ccc(Nc3nccc4ccccc34)nn2)c2ccccc12)NC1CC1. The predicted molar refractivity (Wildman–Crippen MR) is 129 cm³/mol. The minimum absolute atomic E-state index is 0.0635. The predicted octanol–water partition coefficient (Wildman–Crippen LogP) is 4.53. The van der Waals surface area contributed by atoms with Crippen molar-refractivity contribution in [3.05, 3.63) is 84.7 Å². The van der Waals surface area contributed by atoms with Crippen molar-refractivity contribution >= 4 is 39.2 Å². The molecule has 33 heavy (non-hydrogen) atoms. The van der Waals surface area contributed by atoms with Gasteiger partial charge in [0.25, 0.3) is 0 Å². The molecule has 2 aromatic carbocycles. The Morgan fingerprint density at radius 3 is 2.58 bits per heavy atom. The lowest BCUT2D eigenvalue weighted by molar-refractivity contribution is -0.120. The Kier molecular flexibility index (Phi) is 4.72. The summed E-state index contributed by atoms with van der Waals surface area (Å²) in [6, 6.07) is 22.3. The van der Waals surface area contributed by atoms with Crippen molar-refractivity contribution in [2.75, 3.05) is 5.32 Å². The average Bonchev–Trinajstić information content (AvgIpc) is 3.59. The topological polar surface area (TPSA) is 84.7 Å². The maximum absolute atomic E-state index is 12.4. The summed E-state index contributed by atoms with van der Waals surface area (Å²) in [5.41, 5.74) is 1.98. The highest BCUT2D eigenvalue weighted by Gasteiger charge is 2.24. The van der Waals surface area contributed by atoms with Crippen molar-refractivity contribution < 1.29 is 4.79 Å². The van der Waals surface area contributed by atoms with Crippen molar-refractivity contribution in [3.8, 4) is 5.82 Å². The van der Waals surface area contributed by atoms with Crippen LogP contribution < -0.4 is 10.6 Å². The number of hydrogen-bond acceptors (Lipinski definition) is 5. The molecule has 5 aromatic rings. The van der Waals surface area contributed by atoms with E-state index in [0.717, 1.165) is 45.9 Å². The zero-order valence-corrected chi connectivity index (χ0v) is 17.9. The van der Waals surface area contributed by atoms with Gasteiger partial charge in [0.1, 0.15) is 5.82 Å². The lowest BCUT2D eigenvalue weighted by atomic mass is 10.1. The van der Waals surface area contributed by atoms with Gasteiger partial charge in [0.2, 0.25) is 5.91 Å². The van der Waals surface area contributed by atoms with Crippen LogP contribution in [0.2, 0.25) is 0 Å². The molecule has 0 bridgehead atoms. The van der Waals surface area contributed by atoms with Crippen molar-refractivity contribution in [1.29, 1.82) is 0 Å². The van der Waals surface area contributed by atoms with E-state index in [1.165, 1.54) is 0 Å². The fraction of sp³-hybridized carbons (Fsp3) is 0.154. The molecule has 0 radical (unpaired) electrons. The van der Waals surface area contributed by atoms with Crippen molar-refractivity contribution in [1.82, 2.24) is 25.1 Å². The largest absolute Gasteiger partial charge is 0.353 e. The molecular formula is C26H22N6O. The molecule has 6 rings (SSSR count). The number of pyridine rings is 1. The van der Waals surface area contributed by atoms with Gasteiger partial charge in [0.15, 0.2) is 11.6 Å². The van der Waals surface area contributed by atoms with Crippen LogP contribution >= 0.6 is 0 Å². The minimum Gasteiger partial charge on any atom is -0.353 e. The lowest BCUT2D eigenvalue weighted by Crippen LogP contribution is -2.26. The van der Waals surface area contributed by atoms with Gasteiger partial charge in [-0.2, -0.15) is 0 Å². The third-order valence-corrected chi connectivity index (χ3v) is 5.91. The number of aromatic nitrogens is 4. The van der Waals surface area contributed by atoms with E-state index < -0.39 is 0 Å². The van der Waals surface area contributed by atoms with Gasteiger partial charge in [-0.25, -0.2) is 4.98 Å². The van der Waals surface area contributed by atoms with Crippen molar-refractivity contribution in [2.45, 2.75) is 25.3 Å². The van der Waals surface area contributed by atoms with E-state index >= 15 is 0 Å². The van der Waals surface area contributed by atoms with Crippen molar-refractivity contribution in [2.24, 2.45) is 0 Å². The molecular weight excluding hydrogens is 412 g/mol. The summed E-state index contributed by atoms with van der Waals surface area (Å²) in [4.78, 5) is 16.9. The molecule has 7 heteroatoms. The molecule has 3 heterocycles. The van der Waals surface area contributed by atoms with E-state index in [1.807, 2.05) is 71.4 Å². The number of amides is 1. The van der Waals surface area contributed by atoms with Crippen LogP contribution in [0.1, 0.15) is 18.4 Å². The molecule has 162 valence electrons. The molecule has 1 saturated carbocycles. The standard InChI is InChI=1S/C26H22N6O/c33-25(28-19-9-10-19)15-18-16-32(22-8-4-3-6-20(18)22)24-12-11-23(30-31-24)29-26-21-7-2-1-5-17(21)13-14-27-26/h1-8,11-14,16,19H,9-10,15H2,(H,28,33)(H,27,29,30). The summed E-state index contributed by atoms with van der Waals surface area (Å²) in [6.45, 7) is 0. The van der Waals surface area contributed by atoms with Crippen LogP contribution in [-0.2, 0) is 11.2 Å². The highest BCUT2D eigenvalue weighted by Crippen LogP contribution is 2.27. The molecule has 0 spiro atoms. The van der Waals surface area contributed by atoms with Gasteiger partial charge < -0.3 is 10.6 Å². The van der Waals surface area contributed by atoms with E-state index in [4.69, 9.17) is 0 Å². The maximum Gasteiger partial charge on any atom is 0.224 e. The monoisotopic (exact) mass is 434 g/mol. The number of rotatable bonds is 6. The first-order valence-corrected chi connectivity index (χ1v) is 11.1. The summed E-state index contributed by atoms with van der Waals surface area (Å²) in [6.07, 6.45) is 6.28. The Balaban J connectivity index is 1.29. The van der Waals surface area contributed by atoms with E-state index in [-0.39, 0.29) is 5.91 Å². The third-order valence-electron chi connectivity index (χ3n) is 5.91. The van der Waals surface area contributed by atoms with Crippen molar-refractivity contribution in [3.63, 3.8) is 0 Å². The second-order valence-electron chi connectivity index (χ2n) is 8.34. The Hall–Kier alpha value is -4.26. The van der Waals surface area contributed by atoms with Gasteiger partial charge in [0.05, 0.1) is 11.9 Å². The highest BCUT2D eigenvalue weighted by atomic mass is 16.1. The van der Waals surface area contributed by atoms with Crippen LogP contribution in [0.15, 0.2) is 79.1 Å². The van der Waals surface area contributed by atoms with Crippen LogP contribution in [-0.4, -0.2) is 31.7 Å². The summed E-state index contributed by atoms with van der Waals surface area (Å²) in [5, 5.41) is 18.4. The molecule has 2 N–H and O–H groups in total. The minimum atomic E-state index is 0.0635. The van der Waals surface area contributed by atoms with Gasteiger partial charge in [-0.1, -0.05) is 42.5 Å². The van der Waals surface area contributed by atoms with Gasteiger partial charge in [0, 0.05) is 29.2 Å². The lowest BCUT2D eigenvalue weighted by Gasteiger charge is -2.08. The molecule has 1 fully saturated rings. The molecule has 1 aliphatic carbocycles. The van der Waals surface area contributed by atoms with Gasteiger partial charge in [-0.15, -0.1) is 10.2 Å². The normalized spacial score (nSPS) is 13.3. The molecule has 0 atom stereocenters. The van der Waals surface area contributed by atoms with Gasteiger partial charge in [-0.05, 0) is 48.1 Å². The second kappa shape index (κ2) is 8.02. The summed E-state index contributed by atoms with van der Waals surface area (Å²) >= 11 is 0. The number of carbonyl (C=O) groups is 1. The molecule has 1 amide bonds. The zero-order valence-electron chi connectivity index (χ0n) is 17.9. The van der Waals surface area contributed by atoms with E-state index in [2.05, 4.69) is 31.9 Å². The molecule has 3 aromatic heterocycles. The van der Waals surface area contributed by atoms with Crippen LogP contribution in [0.4, 0.5) is 11.6 Å². The summed E-state index contributed by atoms with van der Waals surface area (Å²) < 4.78 is 1.99. The third kappa shape index (κ3) is 3.89. The Morgan fingerprint density at radius 1 is 0.939 bits per heavy atom. The molecule has 0 aliphatic heterocycles. The Morgan fingerprint density at radius 2 is 1.76 bits per heavy atom. The molecule has 0 unspecified atom stereocenters. The molecule has 7 nitrogen and oxygen atoms in total. The maximum atomic E-state index is 12.4. The average molecular weight is 435 g/mol. The van der Waals surface area contributed by atoms with Crippen LogP contribution in [0.3, 0.4) is 0 Å². The first-order chi connectivity index (χ1) is 16.2. The first kappa shape index (κ1) is 19.4. The number of benzene rings is 2. The van der Waals surface area contributed by atoms with E-state index in [0.29, 0.717) is 24.1 Å². The first-order valence-electron chi connectivity index (χ1n) is 11.1. The number of carbonyl (C=O) groups excluding carboxylic acids is 1. The molecule has 1 aliphatic rings. The fourth-order valence-corrected chi connectivity index (χ4v) is 4.12. The number of fused-ring (bicyclic) bond motifs is 2. The fourth-order valence-electron chi connectivity index (χ4n) is 4.12. The highest BCUT2D eigenvalue weighted by molar-refractivity contribution is 5.93.